The maximum Gasteiger partial charge on any atom is 0.167 e. The average molecular weight is 275 g/mol. The van der Waals surface area contributed by atoms with Gasteiger partial charge in [-0.15, -0.1) is 0 Å². The molecule has 0 bridgehead atoms. The van der Waals surface area contributed by atoms with Gasteiger partial charge >= 0.3 is 0 Å². The highest BCUT2D eigenvalue weighted by atomic mass is 16.5. The van der Waals surface area contributed by atoms with Crippen LogP contribution in [-0.4, -0.2) is 17.4 Å². The van der Waals surface area contributed by atoms with Crippen molar-refractivity contribution in [3.8, 4) is 5.75 Å². The van der Waals surface area contributed by atoms with Gasteiger partial charge in [-0.1, -0.05) is 19.8 Å². The molecule has 110 valence electrons. The van der Waals surface area contributed by atoms with Gasteiger partial charge in [0.05, 0.1) is 12.8 Å². The third kappa shape index (κ3) is 3.81. The molecular formula is C17H25NO2. The highest BCUT2D eigenvalue weighted by Crippen LogP contribution is 2.33. The minimum absolute atomic E-state index is 0.182. The molecule has 0 N–H and O–H groups in total. The summed E-state index contributed by atoms with van der Waals surface area (Å²) in [6, 6.07) is 1.83. The Morgan fingerprint density at radius 3 is 2.65 bits per heavy atom. The maximum atomic E-state index is 12.5. The Kier molecular flexibility index (Phi) is 5.57. The average Bonchev–Trinajstić information content (AvgIpc) is 2.48. The number of rotatable bonds is 6. The predicted molar refractivity (Wildman–Crippen MR) is 80.1 cm³/mol. The monoisotopic (exact) mass is 275 g/mol. The normalized spacial score (nSPS) is 22.5. The minimum atomic E-state index is 0.182. The molecule has 1 aliphatic carbocycles. The Hall–Kier alpha value is -1.38. The number of carbonyl (C=O) groups excluding carboxylic acids is 1. The molecule has 0 aromatic carbocycles. The van der Waals surface area contributed by atoms with Crippen molar-refractivity contribution >= 4 is 5.78 Å². The topological polar surface area (TPSA) is 39.2 Å². The molecule has 0 spiro atoms. The van der Waals surface area contributed by atoms with Crippen LogP contribution in [0, 0.1) is 11.8 Å². The maximum absolute atomic E-state index is 12.5. The summed E-state index contributed by atoms with van der Waals surface area (Å²) in [4.78, 5) is 16.6. The molecule has 0 unspecified atom stereocenters. The fourth-order valence-electron chi connectivity index (χ4n) is 3.16. The largest absolute Gasteiger partial charge is 0.492 e. The Bertz CT molecular complexity index is 436. The molecule has 1 heterocycles. The molecule has 0 atom stereocenters. The molecule has 3 heteroatoms. The predicted octanol–water partition coefficient (Wildman–Crippen LogP) is 4.27. The van der Waals surface area contributed by atoms with Crippen molar-refractivity contribution in [3.05, 3.63) is 24.0 Å². The molecule has 3 nitrogen and oxygen atoms in total. The van der Waals surface area contributed by atoms with Crippen molar-refractivity contribution in [1.82, 2.24) is 4.98 Å². The zero-order valence-corrected chi connectivity index (χ0v) is 12.6. The molecule has 20 heavy (non-hydrogen) atoms. The lowest BCUT2D eigenvalue weighted by molar-refractivity contribution is 0.0869. The fourth-order valence-corrected chi connectivity index (χ4v) is 3.16. The highest BCUT2D eigenvalue weighted by Gasteiger charge is 2.26. The summed E-state index contributed by atoms with van der Waals surface area (Å²) in [6.45, 7) is 4.77. The van der Waals surface area contributed by atoms with Gasteiger partial charge in [-0.25, -0.2) is 0 Å². The molecule has 1 aromatic rings. The third-order valence-corrected chi connectivity index (χ3v) is 4.22. The summed E-state index contributed by atoms with van der Waals surface area (Å²) >= 11 is 0. The molecule has 0 saturated heterocycles. The second-order valence-electron chi connectivity index (χ2n) is 5.71. The van der Waals surface area contributed by atoms with Crippen molar-refractivity contribution < 1.29 is 9.53 Å². The van der Waals surface area contributed by atoms with E-state index in [9.17, 15) is 4.79 Å². The lowest BCUT2D eigenvalue weighted by atomic mass is 9.77. The quantitative estimate of drug-likeness (QED) is 0.728. The van der Waals surface area contributed by atoms with E-state index in [1.807, 2.05) is 13.0 Å². The number of ketones is 1. The van der Waals surface area contributed by atoms with Crippen LogP contribution < -0.4 is 4.74 Å². The first-order valence-corrected chi connectivity index (χ1v) is 7.86. The van der Waals surface area contributed by atoms with Gasteiger partial charge in [0.1, 0.15) is 5.75 Å². The van der Waals surface area contributed by atoms with Crippen LogP contribution in [0.15, 0.2) is 18.5 Å². The number of ether oxygens (including phenoxy) is 1. The van der Waals surface area contributed by atoms with Crippen molar-refractivity contribution in [2.24, 2.45) is 11.8 Å². The van der Waals surface area contributed by atoms with Crippen LogP contribution in [0.2, 0.25) is 0 Å². The van der Waals surface area contributed by atoms with E-state index in [0.717, 1.165) is 18.8 Å². The van der Waals surface area contributed by atoms with Crippen LogP contribution in [0.25, 0.3) is 0 Å². The van der Waals surface area contributed by atoms with E-state index < -0.39 is 0 Å². The van der Waals surface area contributed by atoms with Gasteiger partial charge in [-0.2, -0.15) is 0 Å². The summed E-state index contributed by atoms with van der Waals surface area (Å²) in [5, 5.41) is 0. The number of nitrogens with zero attached hydrogens (tertiary/aromatic N) is 1. The van der Waals surface area contributed by atoms with Gasteiger partial charge in [0.25, 0.3) is 0 Å². The Balaban J connectivity index is 1.96. The molecular weight excluding hydrogens is 250 g/mol. The molecule has 0 radical (unpaired) electrons. The Morgan fingerprint density at radius 2 is 2.00 bits per heavy atom. The molecule has 0 aliphatic heterocycles. The van der Waals surface area contributed by atoms with E-state index in [-0.39, 0.29) is 11.7 Å². The standard InChI is InChI=1S/C17H25NO2/c1-3-5-13-6-8-14(9-7-13)17(19)15-10-16(20-4-2)12-18-11-15/h10-14H,3-9H2,1-2H3. The lowest BCUT2D eigenvalue weighted by Gasteiger charge is -2.27. The number of pyridine rings is 1. The first-order chi connectivity index (χ1) is 9.74. The van der Waals surface area contributed by atoms with Crippen molar-refractivity contribution in [3.63, 3.8) is 0 Å². The van der Waals surface area contributed by atoms with Crippen LogP contribution >= 0.6 is 0 Å². The van der Waals surface area contributed by atoms with Gasteiger partial charge in [0, 0.05) is 17.7 Å². The van der Waals surface area contributed by atoms with Crippen LogP contribution in [0.4, 0.5) is 0 Å². The highest BCUT2D eigenvalue weighted by molar-refractivity contribution is 5.97. The number of hydrogen-bond acceptors (Lipinski definition) is 3. The summed E-state index contributed by atoms with van der Waals surface area (Å²) in [5.74, 6) is 1.95. The van der Waals surface area contributed by atoms with E-state index in [1.165, 1.54) is 25.7 Å². The first-order valence-electron chi connectivity index (χ1n) is 7.86. The number of carbonyl (C=O) groups is 1. The Morgan fingerprint density at radius 1 is 1.25 bits per heavy atom. The molecule has 1 fully saturated rings. The van der Waals surface area contributed by atoms with Gasteiger partial charge in [-0.3, -0.25) is 9.78 Å². The minimum Gasteiger partial charge on any atom is -0.492 e. The summed E-state index contributed by atoms with van der Waals surface area (Å²) in [7, 11) is 0. The van der Waals surface area contributed by atoms with Crippen LogP contribution in [0.5, 0.6) is 5.75 Å². The molecule has 2 rings (SSSR count). The van der Waals surface area contributed by atoms with E-state index in [1.54, 1.807) is 12.4 Å². The SMILES string of the molecule is CCCC1CCC(C(=O)c2cncc(OCC)c2)CC1. The number of aromatic nitrogens is 1. The summed E-state index contributed by atoms with van der Waals surface area (Å²) in [5.41, 5.74) is 0.704. The second-order valence-corrected chi connectivity index (χ2v) is 5.71. The van der Waals surface area contributed by atoms with Gasteiger partial charge in [-0.05, 0) is 44.6 Å². The molecule has 1 saturated carbocycles. The smallest absolute Gasteiger partial charge is 0.167 e. The van der Waals surface area contributed by atoms with E-state index >= 15 is 0 Å². The number of Topliss-reactive ketones (excluding diaryl/α,β-unsaturated/α-hetero) is 1. The van der Waals surface area contributed by atoms with Crippen LogP contribution in [0.3, 0.4) is 0 Å². The summed E-state index contributed by atoms with van der Waals surface area (Å²) in [6.07, 6.45) is 10.4. The fraction of sp³-hybridized carbons (Fsp3) is 0.647. The van der Waals surface area contributed by atoms with Crippen LogP contribution in [-0.2, 0) is 0 Å². The van der Waals surface area contributed by atoms with Gasteiger partial charge < -0.3 is 4.74 Å². The lowest BCUT2D eigenvalue weighted by Crippen LogP contribution is -2.22. The molecule has 1 aromatic heterocycles. The zero-order valence-electron chi connectivity index (χ0n) is 12.6. The Labute approximate surface area is 121 Å². The second kappa shape index (κ2) is 7.41. The summed E-state index contributed by atoms with van der Waals surface area (Å²) < 4.78 is 5.42. The van der Waals surface area contributed by atoms with Gasteiger partial charge in [0.2, 0.25) is 0 Å². The van der Waals surface area contributed by atoms with E-state index in [2.05, 4.69) is 11.9 Å². The zero-order chi connectivity index (χ0) is 14.4. The van der Waals surface area contributed by atoms with Gasteiger partial charge in [0.15, 0.2) is 5.78 Å². The molecule has 1 aliphatic rings. The van der Waals surface area contributed by atoms with E-state index in [4.69, 9.17) is 4.74 Å². The molecule has 0 amide bonds. The van der Waals surface area contributed by atoms with Crippen LogP contribution in [0.1, 0.15) is 62.7 Å². The van der Waals surface area contributed by atoms with Crippen molar-refractivity contribution in [1.29, 1.82) is 0 Å². The van der Waals surface area contributed by atoms with Crippen molar-refractivity contribution in [2.45, 2.75) is 52.4 Å². The van der Waals surface area contributed by atoms with E-state index in [0.29, 0.717) is 17.9 Å². The number of hydrogen-bond donors (Lipinski definition) is 0. The van der Waals surface area contributed by atoms with Crippen molar-refractivity contribution in [2.75, 3.05) is 6.61 Å². The first kappa shape index (κ1) is 15.0. The third-order valence-electron chi connectivity index (χ3n) is 4.22.